The number of rotatable bonds is 6. The van der Waals surface area contributed by atoms with Gasteiger partial charge in [0.05, 0.1) is 6.61 Å². The van der Waals surface area contributed by atoms with Crippen LogP contribution in [0.25, 0.3) is 6.08 Å². The molecule has 2 rings (SSSR count). The van der Waals surface area contributed by atoms with Crippen LogP contribution in [-0.4, -0.2) is 12.4 Å². The maximum absolute atomic E-state index is 12.1. The summed E-state index contributed by atoms with van der Waals surface area (Å²) in [7, 11) is 0. The first kappa shape index (κ1) is 15.0. The lowest BCUT2D eigenvalue weighted by Gasteiger charge is -2.03. The first-order valence-electron chi connectivity index (χ1n) is 7.27. The van der Waals surface area contributed by atoms with Crippen LogP contribution in [0.3, 0.4) is 0 Å². The van der Waals surface area contributed by atoms with Gasteiger partial charge in [0.15, 0.2) is 5.78 Å². The van der Waals surface area contributed by atoms with E-state index < -0.39 is 0 Å². The summed E-state index contributed by atoms with van der Waals surface area (Å²) in [5.74, 6) is 0.832. The van der Waals surface area contributed by atoms with Crippen molar-refractivity contribution in [3.63, 3.8) is 0 Å². The molecule has 2 heteroatoms. The van der Waals surface area contributed by atoms with Crippen LogP contribution in [0.15, 0.2) is 54.6 Å². The number of carbonyl (C=O) groups is 1. The Balaban J connectivity index is 2.08. The Hall–Kier alpha value is -2.35. The van der Waals surface area contributed by atoms with E-state index in [1.165, 1.54) is 5.56 Å². The van der Waals surface area contributed by atoms with E-state index in [-0.39, 0.29) is 5.78 Å². The molecule has 0 atom stereocenters. The zero-order valence-corrected chi connectivity index (χ0v) is 12.5. The Morgan fingerprint density at radius 1 is 1.10 bits per heavy atom. The fourth-order valence-corrected chi connectivity index (χ4v) is 2.05. The predicted octanol–water partition coefficient (Wildman–Crippen LogP) is 4.54. The van der Waals surface area contributed by atoms with Gasteiger partial charge >= 0.3 is 0 Å². The van der Waals surface area contributed by atoms with Gasteiger partial charge < -0.3 is 4.74 Å². The lowest BCUT2D eigenvalue weighted by molar-refractivity contribution is 0.104. The smallest absolute Gasteiger partial charge is 0.185 e. The molecule has 0 aliphatic heterocycles. The van der Waals surface area contributed by atoms with Gasteiger partial charge in [-0.2, -0.15) is 0 Å². The number of ketones is 1. The topological polar surface area (TPSA) is 26.3 Å². The van der Waals surface area contributed by atoms with Crippen LogP contribution in [0.4, 0.5) is 0 Å². The van der Waals surface area contributed by atoms with Crippen LogP contribution in [0.2, 0.25) is 0 Å². The van der Waals surface area contributed by atoms with Crippen molar-refractivity contribution >= 4 is 11.9 Å². The van der Waals surface area contributed by atoms with E-state index in [1.807, 2.05) is 61.5 Å². The van der Waals surface area contributed by atoms with E-state index in [0.29, 0.717) is 12.2 Å². The summed E-state index contributed by atoms with van der Waals surface area (Å²) in [6, 6.07) is 15.5. The van der Waals surface area contributed by atoms with Gasteiger partial charge in [-0.1, -0.05) is 49.4 Å². The van der Waals surface area contributed by atoms with Crippen LogP contribution in [0, 0.1) is 0 Å². The van der Waals surface area contributed by atoms with Gasteiger partial charge in [-0.05, 0) is 42.7 Å². The zero-order chi connectivity index (χ0) is 15.1. The third-order valence-corrected chi connectivity index (χ3v) is 3.24. The SMILES string of the molecule is CCOc1cccc(/C=C/C(=O)c2ccc(CC)cc2)c1. The maximum atomic E-state index is 12.1. The first-order valence-corrected chi connectivity index (χ1v) is 7.27. The number of aryl methyl sites for hydroxylation is 1. The molecule has 0 amide bonds. The molecular weight excluding hydrogens is 260 g/mol. The molecule has 0 aliphatic carbocycles. The molecule has 0 N–H and O–H groups in total. The van der Waals surface area contributed by atoms with E-state index >= 15 is 0 Å². The summed E-state index contributed by atoms with van der Waals surface area (Å²) in [6.45, 7) is 4.68. The molecular formula is C19H20O2. The van der Waals surface area contributed by atoms with Gasteiger partial charge in [0.1, 0.15) is 5.75 Å². The van der Waals surface area contributed by atoms with Crippen molar-refractivity contribution in [3.05, 3.63) is 71.3 Å². The average Bonchev–Trinajstić information content (AvgIpc) is 2.53. The first-order chi connectivity index (χ1) is 10.2. The summed E-state index contributed by atoms with van der Waals surface area (Å²) in [6.07, 6.45) is 4.40. The van der Waals surface area contributed by atoms with Crippen molar-refractivity contribution in [2.24, 2.45) is 0 Å². The highest BCUT2D eigenvalue weighted by Gasteiger charge is 2.01. The largest absolute Gasteiger partial charge is 0.494 e. The van der Waals surface area contributed by atoms with Crippen molar-refractivity contribution < 1.29 is 9.53 Å². The molecule has 0 saturated heterocycles. The summed E-state index contributed by atoms with van der Waals surface area (Å²) in [5, 5.41) is 0. The number of allylic oxidation sites excluding steroid dienone is 1. The highest BCUT2D eigenvalue weighted by atomic mass is 16.5. The summed E-state index contributed by atoms with van der Waals surface area (Å²) in [4.78, 5) is 12.1. The Labute approximate surface area is 126 Å². The van der Waals surface area contributed by atoms with Gasteiger partial charge in [0.2, 0.25) is 0 Å². The molecule has 0 aromatic heterocycles. The van der Waals surface area contributed by atoms with Crippen LogP contribution < -0.4 is 4.74 Å². The van der Waals surface area contributed by atoms with Crippen LogP contribution in [-0.2, 0) is 6.42 Å². The van der Waals surface area contributed by atoms with Gasteiger partial charge in [-0.15, -0.1) is 0 Å². The third-order valence-electron chi connectivity index (χ3n) is 3.24. The standard InChI is InChI=1S/C19H20O2/c1-3-15-8-11-17(12-9-15)19(20)13-10-16-6-5-7-18(14-16)21-4-2/h5-14H,3-4H2,1-2H3/b13-10+. The predicted molar refractivity (Wildman–Crippen MR) is 86.8 cm³/mol. The Morgan fingerprint density at radius 2 is 1.86 bits per heavy atom. The van der Waals surface area contributed by atoms with Gasteiger partial charge in [0, 0.05) is 5.56 Å². The monoisotopic (exact) mass is 280 g/mol. The Kier molecular flexibility index (Phi) is 5.33. The second-order valence-corrected chi connectivity index (χ2v) is 4.75. The molecule has 21 heavy (non-hydrogen) atoms. The number of ether oxygens (including phenoxy) is 1. The molecule has 0 spiro atoms. The average molecular weight is 280 g/mol. The van der Waals surface area contributed by atoms with E-state index in [1.54, 1.807) is 6.08 Å². The summed E-state index contributed by atoms with van der Waals surface area (Å²) < 4.78 is 5.44. The van der Waals surface area contributed by atoms with E-state index in [9.17, 15) is 4.79 Å². The lowest BCUT2D eigenvalue weighted by Crippen LogP contribution is -1.94. The quantitative estimate of drug-likeness (QED) is 0.573. The van der Waals surface area contributed by atoms with Crippen molar-refractivity contribution in [1.29, 1.82) is 0 Å². The molecule has 0 heterocycles. The molecule has 2 aromatic rings. The second kappa shape index (κ2) is 7.44. The van der Waals surface area contributed by atoms with Gasteiger partial charge in [-0.25, -0.2) is 0 Å². The van der Waals surface area contributed by atoms with Gasteiger partial charge in [-0.3, -0.25) is 4.79 Å². The lowest BCUT2D eigenvalue weighted by atomic mass is 10.1. The molecule has 0 bridgehead atoms. The fraction of sp³-hybridized carbons (Fsp3) is 0.211. The fourth-order valence-electron chi connectivity index (χ4n) is 2.05. The Morgan fingerprint density at radius 3 is 2.52 bits per heavy atom. The molecule has 0 fully saturated rings. The molecule has 2 aromatic carbocycles. The number of hydrogen-bond donors (Lipinski definition) is 0. The van der Waals surface area contributed by atoms with Crippen molar-refractivity contribution in [3.8, 4) is 5.75 Å². The summed E-state index contributed by atoms with van der Waals surface area (Å²) in [5.41, 5.74) is 2.91. The highest BCUT2D eigenvalue weighted by molar-refractivity contribution is 6.06. The third kappa shape index (κ3) is 4.32. The number of carbonyl (C=O) groups excluding carboxylic acids is 1. The van der Waals surface area contributed by atoms with Crippen LogP contribution >= 0.6 is 0 Å². The van der Waals surface area contributed by atoms with Crippen LogP contribution in [0.5, 0.6) is 5.75 Å². The normalized spacial score (nSPS) is 10.8. The molecule has 2 nitrogen and oxygen atoms in total. The molecule has 0 saturated carbocycles. The molecule has 108 valence electrons. The van der Waals surface area contributed by atoms with Crippen LogP contribution in [0.1, 0.15) is 35.3 Å². The van der Waals surface area contributed by atoms with E-state index in [0.717, 1.165) is 17.7 Å². The minimum Gasteiger partial charge on any atom is -0.494 e. The van der Waals surface area contributed by atoms with E-state index in [2.05, 4.69) is 6.92 Å². The Bertz CT molecular complexity index is 624. The highest BCUT2D eigenvalue weighted by Crippen LogP contribution is 2.15. The van der Waals surface area contributed by atoms with Crippen molar-refractivity contribution in [1.82, 2.24) is 0 Å². The minimum absolute atomic E-state index is 0.0134. The second-order valence-electron chi connectivity index (χ2n) is 4.75. The minimum atomic E-state index is 0.0134. The maximum Gasteiger partial charge on any atom is 0.185 e. The summed E-state index contributed by atoms with van der Waals surface area (Å²) >= 11 is 0. The molecule has 0 unspecified atom stereocenters. The number of hydrogen-bond acceptors (Lipinski definition) is 2. The van der Waals surface area contributed by atoms with Gasteiger partial charge in [0.25, 0.3) is 0 Å². The van der Waals surface area contributed by atoms with E-state index in [4.69, 9.17) is 4.74 Å². The molecule has 0 radical (unpaired) electrons. The zero-order valence-electron chi connectivity index (χ0n) is 12.5. The number of benzene rings is 2. The molecule has 0 aliphatic rings. The van der Waals surface area contributed by atoms with Crippen molar-refractivity contribution in [2.75, 3.05) is 6.61 Å². The van der Waals surface area contributed by atoms with Crippen molar-refractivity contribution in [2.45, 2.75) is 20.3 Å².